The average molecular weight is 124 g/mol. The summed E-state index contributed by atoms with van der Waals surface area (Å²) in [7, 11) is 0. The first-order chi connectivity index (χ1) is 4.22. The lowest BCUT2D eigenvalue weighted by Crippen LogP contribution is -1.90. The van der Waals surface area contributed by atoms with Crippen molar-refractivity contribution in [2.45, 2.75) is 27.2 Å². The maximum Gasteiger partial charge on any atom is -0.0257 e. The van der Waals surface area contributed by atoms with Gasteiger partial charge in [0.15, 0.2) is 0 Å². The van der Waals surface area contributed by atoms with Crippen LogP contribution >= 0.6 is 0 Å². The minimum absolute atomic E-state index is 0.674. The maximum atomic E-state index is 3.65. The molecule has 0 amide bonds. The van der Waals surface area contributed by atoms with Crippen LogP contribution in [0.5, 0.6) is 0 Å². The summed E-state index contributed by atoms with van der Waals surface area (Å²) in [5.41, 5.74) is 1.48. The van der Waals surface area contributed by atoms with Crippen molar-refractivity contribution in [3.05, 3.63) is 24.3 Å². The zero-order valence-corrected chi connectivity index (χ0v) is 6.65. The molecule has 0 aromatic heterocycles. The Morgan fingerprint density at radius 1 is 1.56 bits per heavy atom. The molecular weight excluding hydrogens is 108 g/mol. The van der Waals surface area contributed by atoms with Crippen molar-refractivity contribution in [2.24, 2.45) is 5.92 Å². The largest absolute Gasteiger partial charge is 0.0991 e. The topological polar surface area (TPSA) is 0 Å². The van der Waals surface area contributed by atoms with Crippen LogP contribution in [0.25, 0.3) is 0 Å². The Morgan fingerprint density at radius 2 is 2.11 bits per heavy atom. The molecule has 0 fully saturated rings. The van der Waals surface area contributed by atoms with E-state index in [0.717, 1.165) is 6.42 Å². The van der Waals surface area contributed by atoms with Crippen LogP contribution in [0.2, 0.25) is 0 Å². The van der Waals surface area contributed by atoms with Gasteiger partial charge in [-0.2, -0.15) is 0 Å². The van der Waals surface area contributed by atoms with E-state index in [-0.39, 0.29) is 0 Å². The molecule has 0 nitrogen and oxygen atoms in total. The lowest BCUT2D eigenvalue weighted by Gasteiger charge is -2.05. The summed E-state index contributed by atoms with van der Waals surface area (Å²) in [6, 6.07) is 0. The highest BCUT2D eigenvalue weighted by Gasteiger charge is 1.96. The zero-order chi connectivity index (χ0) is 7.28. The second kappa shape index (κ2) is 4.37. The zero-order valence-electron chi connectivity index (χ0n) is 6.65. The Labute approximate surface area is 58.3 Å². The van der Waals surface area contributed by atoms with Crippen LogP contribution < -0.4 is 0 Å². The first kappa shape index (κ1) is 8.48. The first-order valence-corrected chi connectivity index (χ1v) is 3.53. The normalized spacial score (nSPS) is 12.2. The number of allylic oxidation sites excluding steroid dienone is 3. The van der Waals surface area contributed by atoms with Crippen LogP contribution in [0.4, 0.5) is 0 Å². The maximum absolute atomic E-state index is 3.65. The predicted octanol–water partition coefficient (Wildman–Crippen LogP) is 3.16. The summed E-state index contributed by atoms with van der Waals surface area (Å²) in [6.07, 6.45) is 5.10. The van der Waals surface area contributed by atoms with Crippen molar-refractivity contribution >= 4 is 0 Å². The third kappa shape index (κ3) is 3.12. The highest BCUT2D eigenvalue weighted by atomic mass is 14.0. The Bertz CT molecular complexity index is 107. The van der Waals surface area contributed by atoms with Gasteiger partial charge in [0.1, 0.15) is 0 Å². The van der Waals surface area contributed by atoms with Gasteiger partial charge in [-0.3, -0.25) is 0 Å². The third-order valence-corrected chi connectivity index (χ3v) is 1.48. The summed E-state index contributed by atoms with van der Waals surface area (Å²) < 4.78 is 0. The van der Waals surface area contributed by atoms with E-state index < -0.39 is 0 Å². The number of hydrogen-bond donors (Lipinski definition) is 0. The van der Waals surface area contributed by atoms with E-state index in [0.29, 0.717) is 5.92 Å². The fourth-order valence-corrected chi connectivity index (χ4v) is 0.870. The van der Waals surface area contributed by atoms with Crippen LogP contribution in [0.3, 0.4) is 0 Å². The lowest BCUT2D eigenvalue weighted by atomic mass is 10.0. The monoisotopic (exact) mass is 124 g/mol. The minimum Gasteiger partial charge on any atom is -0.0991 e. The molecule has 0 aliphatic carbocycles. The molecule has 0 heteroatoms. The van der Waals surface area contributed by atoms with Gasteiger partial charge in [0.05, 0.1) is 0 Å². The molecular formula is C9H16. The highest BCUT2D eigenvalue weighted by molar-refractivity contribution is 5.11. The molecule has 0 aliphatic heterocycles. The summed E-state index contributed by atoms with van der Waals surface area (Å²) >= 11 is 0. The van der Waals surface area contributed by atoms with E-state index in [2.05, 4.69) is 33.4 Å². The smallest absolute Gasteiger partial charge is 0.0257 e. The molecule has 0 aromatic carbocycles. The van der Waals surface area contributed by atoms with Crippen molar-refractivity contribution < 1.29 is 0 Å². The van der Waals surface area contributed by atoms with Crippen LogP contribution in [0.1, 0.15) is 27.2 Å². The van der Waals surface area contributed by atoms with Gasteiger partial charge in [-0.15, -0.1) is 0 Å². The first-order valence-electron chi connectivity index (χ1n) is 3.53. The van der Waals surface area contributed by atoms with E-state index in [1.165, 1.54) is 5.57 Å². The molecule has 0 atom stereocenters. The van der Waals surface area contributed by atoms with Gasteiger partial charge >= 0.3 is 0 Å². The van der Waals surface area contributed by atoms with Gasteiger partial charge < -0.3 is 0 Å². The van der Waals surface area contributed by atoms with Crippen LogP contribution in [-0.2, 0) is 0 Å². The van der Waals surface area contributed by atoms with E-state index in [4.69, 9.17) is 0 Å². The molecule has 0 N–H and O–H groups in total. The van der Waals surface area contributed by atoms with Gasteiger partial charge in [-0.25, -0.2) is 0 Å². The van der Waals surface area contributed by atoms with Crippen molar-refractivity contribution in [3.63, 3.8) is 0 Å². The molecule has 0 aliphatic rings. The van der Waals surface area contributed by atoms with Gasteiger partial charge in [0, 0.05) is 0 Å². The van der Waals surface area contributed by atoms with Gasteiger partial charge in [-0.05, 0) is 12.3 Å². The number of rotatable bonds is 3. The summed E-state index contributed by atoms with van der Waals surface area (Å²) in [5.74, 6) is 0.674. The molecule has 52 valence electrons. The predicted molar refractivity (Wildman–Crippen MR) is 43.4 cm³/mol. The quantitative estimate of drug-likeness (QED) is 0.507. The Kier molecular flexibility index (Phi) is 4.12. The minimum atomic E-state index is 0.674. The molecule has 0 spiro atoms. The Balaban J connectivity index is 3.96. The third-order valence-electron chi connectivity index (χ3n) is 1.48. The van der Waals surface area contributed by atoms with Gasteiger partial charge in [0.25, 0.3) is 0 Å². The summed E-state index contributed by atoms with van der Waals surface area (Å²) in [5, 5.41) is 0. The van der Waals surface area contributed by atoms with Gasteiger partial charge in [0.2, 0.25) is 0 Å². The average Bonchev–Trinajstić information content (AvgIpc) is 1.82. The molecule has 9 heavy (non-hydrogen) atoms. The standard InChI is InChI=1S/C9H16/c1-5-7-9(6-2)8(3)4/h5,7-8H,1,6H2,2-4H3/b9-7-. The molecule has 0 aromatic rings. The second-order valence-corrected chi connectivity index (χ2v) is 2.49. The Morgan fingerprint density at radius 3 is 2.22 bits per heavy atom. The summed E-state index contributed by atoms with van der Waals surface area (Å²) in [6.45, 7) is 10.2. The fourth-order valence-electron chi connectivity index (χ4n) is 0.870. The number of hydrogen-bond acceptors (Lipinski definition) is 0. The lowest BCUT2D eigenvalue weighted by molar-refractivity contribution is 0.732. The van der Waals surface area contributed by atoms with Crippen molar-refractivity contribution in [3.8, 4) is 0 Å². The van der Waals surface area contributed by atoms with E-state index in [1.54, 1.807) is 0 Å². The van der Waals surface area contributed by atoms with E-state index >= 15 is 0 Å². The molecule has 0 heterocycles. The molecule has 0 bridgehead atoms. The van der Waals surface area contributed by atoms with Crippen LogP contribution in [0, 0.1) is 5.92 Å². The molecule has 0 rings (SSSR count). The summed E-state index contributed by atoms with van der Waals surface area (Å²) in [4.78, 5) is 0. The van der Waals surface area contributed by atoms with Crippen LogP contribution in [-0.4, -0.2) is 0 Å². The molecule has 0 saturated heterocycles. The molecule has 0 unspecified atom stereocenters. The van der Waals surface area contributed by atoms with Gasteiger partial charge in [-0.1, -0.05) is 45.1 Å². The fraction of sp³-hybridized carbons (Fsp3) is 0.556. The second-order valence-electron chi connectivity index (χ2n) is 2.49. The SMILES string of the molecule is C=C/C=C(/CC)C(C)C. The molecule has 0 radical (unpaired) electrons. The van der Waals surface area contributed by atoms with Crippen molar-refractivity contribution in [2.75, 3.05) is 0 Å². The van der Waals surface area contributed by atoms with Crippen LogP contribution in [0.15, 0.2) is 24.3 Å². The van der Waals surface area contributed by atoms with E-state index in [9.17, 15) is 0 Å². The molecule has 0 saturated carbocycles. The highest BCUT2D eigenvalue weighted by Crippen LogP contribution is 2.12. The Hall–Kier alpha value is -0.520. The van der Waals surface area contributed by atoms with E-state index in [1.807, 2.05) is 6.08 Å². The van der Waals surface area contributed by atoms with Crippen molar-refractivity contribution in [1.29, 1.82) is 0 Å². The van der Waals surface area contributed by atoms with Crippen molar-refractivity contribution in [1.82, 2.24) is 0 Å².